The molecule has 0 saturated carbocycles. The van der Waals surface area contributed by atoms with Crippen LogP contribution in [0, 0.1) is 12.7 Å². The molecule has 0 fully saturated rings. The van der Waals surface area contributed by atoms with Crippen LogP contribution in [0.25, 0.3) is 16.7 Å². The monoisotopic (exact) mass is 273 g/mol. The molecule has 0 spiro atoms. The van der Waals surface area contributed by atoms with Crippen LogP contribution in [-0.2, 0) is 0 Å². The van der Waals surface area contributed by atoms with Crippen LogP contribution in [-0.4, -0.2) is 20.0 Å². The summed E-state index contributed by atoms with van der Waals surface area (Å²) in [4.78, 5) is 0. The number of benzene rings is 1. The van der Waals surface area contributed by atoms with Crippen LogP contribution in [0.3, 0.4) is 0 Å². The van der Waals surface area contributed by atoms with Crippen molar-refractivity contribution in [1.29, 1.82) is 0 Å². The number of hydrogen-bond donors (Lipinski definition) is 2. The lowest BCUT2D eigenvalue weighted by atomic mass is 10.1. The summed E-state index contributed by atoms with van der Waals surface area (Å²) in [6, 6.07) is 4.60. The Morgan fingerprint density at radius 3 is 2.75 bits per heavy atom. The predicted molar refractivity (Wildman–Crippen MR) is 76.4 cm³/mol. The zero-order valence-electron chi connectivity index (χ0n) is 11.6. The fourth-order valence-electron chi connectivity index (χ4n) is 2.38. The number of nitrogens with two attached hydrogens (primary N) is 1. The molecular formula is C14H16FN5. The Hall–Kier alpha value is -2.37. The number of aromatic nitrogens is 4. The molecule has 3 rings (SSSR count). The predicted octanol–water partition coefficient (Wildman–Crippen LogP) is 2.90. The minimum atomic E-state index is -0.264. The third kappa shape index (κ3) is 1.76. The second-order valence-electron chi connectivity index (χ2n) is 5.22. The third-order valence-corrected chi connectivity index (χ3v) is 3.37. The first-order chi connectivity index (χ1) is 9.49. The molecule has 1 aromatic carbocycles. The summed E-state index contributed by atoms with van der Waals surface area (Å²) in [6.07, 6.45) is 0. The Morgan fingerprint density at radius 1 is 1.35 bits per heavy atom. The van der Waals surface area contributed by atoms with Crippen molar-refractivity contribution >= 4 is 16.9 Å². The van der Waals surface area contributed by atoms with Gasteiger partial charge in [-0.3, -0.25) is 5.10 Å². The molecule has 0 aliphatic carbocycles. The van der Waals surface area contributed by atoms with Gasteiger partial charge >= 0.3 is 0 Å². The van der Waals surface area contributed by atoms with Gasteiger partial charge in [0, 0.05) is 0 Å². The van der Waals surface area contributed by atoms with Crippen LogP contribution >= 0.6 is 0 Å². The largest absolute Gasteiger partial charge is 0.383 e. The SMILES string of the molecule is Cc1cc(F)ccc1-n1nc(C(C)C)c2c(N)[nH]nc21. The Morgan fingerprint density at radius 2 is 2.10 bits per heavy atom. The lowest BCUT2D eigenvalue weighted by molar-refractivity contribution is 0.625. The number of rotatable bonds is 2. The number of nitrogen functional groups attached to an aromatic ring is 1. The number of fused-ring (bicyclic) bond motifs is 1. The van der Waals surface area contributed by atoms with Gasteiger partial charge in [-0.15, -0.1) is 0 Å². The molecule has 3 N–H and O–H groups in total. The van der Waals surface area contributed by atoms with Gasteiger partial charge in [0.05, 0.1) is 16.8 Å². The van der Waals surface area contributed by atoms with Crippen LogP contribution in [0.5, 0.6) is 0 Å². The standard InChI is InChI=1S/C14H16FN5/c1-7(2)12-11-13(16)17-18-14(11)20(19-12)10-5-4-9(15)6-8(10)3/h4-7H,1-3H3,(H3,16,17,18). The molecule has 104 valence electrons. The maximum absolute atomic E-state index is 13.2. The van der Waals surface area contributed by atoms with E-state index in [0.717, 1.165) is 22.3 Å². The minimum absolute atomic E-state index is 0.222. The van der Waals surface area contributed by atoms with Crippen molar-refractivity contribution in [2.24, 2.45) is 0 Å². The second kappa shape index (κ2) is 4.33. The van der Waals surface area contributed by atoms with E-state index >= 15 is 0 Å². The number of nitrogens with one attached hydrogen (secondary N) is 1. The van der Waals surface area contributed by atoms with Gasteiger partial charge in [-0.05, 0) is 36.6 Å². The van der Waals surface area contributed by atoms with Gasteiger partial charge in [0.25, 0.3) is 0 Å². The second-order valence-corrected chi connectivity index (χ2v) is 5.22. The average Bonchev–Trinajstić information content (AvgIpc) is 2.91. The number of H-pyrrole nitrogens is 1. The summed E-state index contributed by atoms with van der Waals surface area (Å²) in [7, 11) is 0. The molecule has 0 unspecified atom stereocenters. The highest BCUT2D eigenvalue weighted by Crippen LogP contribution is 2.30. The summed E-state index contributed by atoms with van der Waals surface area (Å²) in [5.41, 5.74) is 9.09. The molecule has 0 atom stereocenters. The molecule has 2 aromatic heterocycles. The van der Waals surface area contributed by atoms with Gasteiger partial charge in [0.2, 0.25) is 0 Å². The van der Waals surface area contributed by atoms with Crippen molar-refractivity contribution in [2.45, 2.75) is 26.7 Å². The highest BCUT2D eigenvalue weighted by Gasteiger charge is 2.20. The minimum Gasteiger partial charge on any atom is -0.383 e. The van der Waals surface area contributed by atoms with E-state index in [2.05, 4.69) is 29.1 Å². The molecule has 6 heteroatoms. The molecule has 5 nitrogen and oxygen atoms in total. The van der Waals surface area contributed by atoms with E-state index < -0.39 is 0 Å². The van der Waals surface area contributed by atoms with E-state index in [1.165, 1.54) is 12.1 Å². The topological polar surface area (TPSA) is 72.5 Å². The summed E-state index contributed by atoms with van der Waals surface area (Å²) < 4.78 is 15.0. The van der Waals surface area contributed by atoms with E-state index in [4.69, 9.17) is 5.73 Å². The first-order valence-corrected chi connectivity index (χ1v) is 6.48. The maximum atomic E-state index is 13.2. The number of halogens is 1. The Bertz CT molecular complexity index is 784. The highest BCUT2D eigenvalue weighted by molar-refractivity contribution is 5.90. The first-order valence-electron chi connectivity index (χ1n) is 6.48. The molecule has 0 aliphatic rings. The van der Waals surface area contributed by atoms with Crippen molar-refractivity contribution in [3.8, 4) is 5.69 Å². The summed E-state index contributed by atoms with van der Waals surface area (Å²) in [5, 5.41) is 12.4. The zero-order valence-corrected chi connectivity index (χ0v) is 11.6. The fourth-order valence-corrected chi connectivity index (χ4v) is 2.38. The molecule has 0 bridgehead atoms. The van der Waals surface area contributed by atoms with E-state index in [-0.39, 0.29) is 11.7 Å². The van der Waals surface area contributed by atoms with E-state index in [1.807, 2.05) is 6.92 Å². The Balaban J connectivity index is 2.31. The van der Waals surface area contributed by atoms with Crippen LogP contribution < -0.4 is 5.73 Å². The van der Waals surface area contributed by atoms with Gasteiger partial charge in [0.15, 0.2) is 5.65 Å². The van der Waals surface area contributed by atoms with Crippen molar-refractivity contribution in [2.75, 3.05) is 5.73 Å². The molecule has 0 saturated heterocycles. The molecule has 20 heavy (non-hydrogen) atoms. The Labute approximate surface area is 115 Å². The molecule has 3 aromatic rings. The van der Waals surface area contributed by atoms with Gasteiger partial charge < -0.3 is 5.73 Å². The highest BCUT2D eigenvalue weighted by atomic mass is 19.1. The van der Waals surface area contributed by atoms with Gasteiger partial charge in [-0.2, -0.15) is 10.2 Å². The van der Waals surface area contributed by atoms with E-state index in [0.29, 0.717) is 11.5 Å². The molecular weight excluding hydrogens is 257 g/mol. The van der Waals surface area contributed by atoms with Crippen LogP contribution in [0.15, 0.2) is 18.2 Å². The lowest BCUT2D eigenvalue weighted by Crippen LogP contribution is -2.02. The van der Waals surface area contributed by atoms with E-state index in [1.54, 1.807) is 10.7 Å². The van der Waals surface area contributed by atoms with Gasteiger partial charge in [-0.25, -0.2) is 9.07 Å². The third-order valence-electron chi connectivity index (χ3n) is 3.37. The van der Waals surface area contributed by atoms with Crippen molar-refractivity contribution < 1.29 is 4.39 Å². The van der Waals surface area contributed by atoms with Crippen molar-refractivity contribution in [3.63, 3.8) is 0 Å². The summed E-state index contributed by atoms with van der Waals surface area (Å²) in [5.74, 6) is 0.467. The normalized spacial score (nSPS) is 11.7. The lowest BCUT2D eigenvalue weighted by Gasteiger charge is -2.06. The number of aromatic amines is 1. The molecule has 0 radical (unpaired) electrons. The van der Waals surface area contributed by atoms with E-state index in [9.17, 15) is 4.39 Å². The zero-order chi connectivity index (χ0) is 14.4. The van der Waals surface area contributed by atoms with Crippen LogP contribution in [0.1, 0.15) is 31.0 Å². The first kappa shape index (κ1) is 12.7. The fraction of sp³-hybridized carbons (Fsp3) is 0.286. The Kier molecular flexibility index (Phi) is 2.74. The van der Waals surface area contributed by atoms with Gasteiger partial charge in [-0.1, -0.05) is 13.8 Å². The van der Waals surface area contributed by atoms with Crippen molar-refractivity contribution in [1.82, 2.24) is 20.0 Å². The molecule has 0 aliphatic heterocycles. The number of aryl methyl sites for hydroxylation is 1. The van der Waals surface area contributed by atoms with Crippen LogP contribution in [0.4, 0.5) is 10.2 Å². The number of anilines is 1. The summed E-state index contributed by atoms with van der Waals surface area (Å²) >= 11 is 0. The summed E-state index contributed by atoms with van der Waals surface area (Å²) in [6.45, 7) is 5.95. The average molecular weight is 273 g/mol. The quantitative estimate of drug-likeness (QED) is 0.754. The number of hydrogen-bond acceptors (Lipinski definition) is 3. The smallest absolute Gasteiger partial charge is 0.186 e. The molecule has 2 heterocycles. The number of nitrogens with zero attached hydrogens (tertiary/aromatic N) is 3. The van der Waals surface area contributed by atoms with Crippen LogP contribution in [0.2, 0.25) is 0 Å². The maximum Gasteiger partial charge on any atom is 0.186 e. The molecule has 0 amide bonds. The van der Waals surface area contributed by atoms with Gasteiger partial charge in [0.1, 0.15) is 11.6 Å². The van der Waals surface area contributed by atoms with Crippen molar-refractivity contribution in [3.05, 3.63) is 35.3 Å².